The van der Waals surface area contributed by atoms with E-state index in [-0.39, 0.29) is 26.1 Å². The van der Waals surface area contributed by atoms with Crippen molar-refractivity contribution >= 4 is 11.9 Å². The quantitative estimate of drug-likeness (QED) is 0.0203. The lowest BCUT2D eigenvalue weighted by Crippen LogP contribution is -2.61. The molecule has 2 rings (SSSR count). The van der Waals surface area contributed by atoms with Gasteiger partial charge in [-0.3, -0.25) is 9.59 Å². The molecule has 64 heavy (non-hydrogen) atoms. The van der Waals surface area contributed by atoms with Crippen LogP contribution in [0.25, 0.3) is 0 Å². The van der Waals surface area contributed by atoms with Crippen LogP contribution < -0.4 is 0 Å². The van der Waals surface area contributed by atoms with Gasteiger partial charge in [0, 0.05) is 12.8 Å². The van der Waals surface area contributed by atoms with Gasteiger partial charge in [0.2, 0.25) is 0 Å². The first-order valence-corrected chi connectivity index (χ1v) is 24.9. The summed E-state index contributed by atoms with van der Waals surface area (Å²) in [6.07, 6.45) is 19.2. The summed E-state index contributed by atoms with van der Waals surface area (Å²) >= 11 is 0. The number of rotatable bonds is 38. The van der Waals surface area contributed by atoms with Gasteiger partial charge in [0.1, 0.15) is 55.4 Å². The first-order valence-electron chi connectivity index (χ1n) is 24.9. The molecule has 2 fully saturated rings. The smallest absolute Gasteiger partial charge is 0.306 e. The van der Waals surface area contributed by atoms with E-state index >= 15 is 0 Å². The van der Waals surface area contributed by atoms with Gasteiger partial charge >= 0.3 is 11.9 Å². The summed E-state index contributed by atoms with van der Waals surface area (Å²) in [4.78, 5) is 25.7. The van der Waals surface area contributed by atoms with Gasteiger partial charge in [-0.05, 0) is 44.9 Å². The molecule has 0 aromatic carbocycles. The minimum Gasteiger partial charge on any atom is -0.462 e. The van der Waals surface area contributed by atoms with Crippen LogP contribution in [0.2, 0.25) is 0 Å². The number of carbonyl (C=O) groups is 2. The lowest BCUT2D eigenvalue weighted by molar-refractivity contribution is -0.332. The zero-order valence-corrected chi connectivity index (χ0v) is 39.3. The number of ether oxygens (including phenoxy) is 6. The highest BCUT2D eigenvalue weighted by molar-refractivity contribution is 5.70. The van der Waals surface area contributed by atoms with Gasteiger partial charge in [0.05, 0.1) is 19.8 Å². The minimum absolute atomic E-state index is 0.166. The Morgan fingerprint density at radius 2 is 0.938 bits per heavy atom. The van der Waals surface area contributed by atoms with Gasteiger partial charge in [-0.1, -0.05) is 147 Å². The molecule has 0 aromatic heterocycles. The fourth-order valence-corrected chi connectivity index (χ4v) is 7.78. The van der Waals surface area contributed by atoms with Crippen molar-refractivity contribution in [1.82, 2.24) is 0 Å². The summed E-state index contributed by atoms with van der Waals surface area (Å²) < 4.78 is 33.5. The highest BCUT2D eigenvalue weighted by Crippen LogP contribution is 2.26. The molecule has 0 saturated carbocycles. The number of unbranched alkanes of at least 4 members (excludes halogenated alkanes) is 20. The van der Waals surface area contributed by atoms with Crippen molar-refractivity contribution in [3.63, 3.8) is 0 Å². The Morgan fingerprint density at radius 1 is 0.500 bits per heavy atom. The van der Waals surface area contributed by atoms with Crippen LogP contribution in [0.15, 0.2) is 24.3 Å². The Bertz CT molecular complexity index is 1220. The monoisotopic (exact) mass is 917 g/mol. The number of aliphatic hydroxyl groups is 7. The molecule has 1 unspecified atom stereocenters. The van der Waals surface area contributed by atoms with Crippen LogP contribution in [0.1, 0.15) is 181 Å². The molecule has 0 aliphatic carbocycles. The van der Waals surface area contributed by atoms with E-state index in [2.05, 4.69) is 38.2 Å². The van der Waals surface area contributed by atoms with Gasteiger partial charge in [-0.2, -0.15) is 0 Å². The predicted octanol–water partition coefficient (Wildman–Crippen LogP) is 6.38. The van der Waals surface area contributed by atoms with E-state index in [0.717, 1.165) is 64.2 Å². The molecule has 11 atom stereocenters. The third-order valence-electron chi connectivity index (χ3n) is 11.9. The summed E-state index contributed by atoms with van der Waals surface area (Å²) in [7, 11) is 0. The first-order chi connectivity index (χ1) is 31.0. The lowest BCUT2D eigenvalue weighted by atomic mass is 9.98. The average molecular weight is 917 g/mol. The molecule has 0 spiro atoms. The topological polar surface area (TPSA) is 231 Å². The van der Waals surface area contributed by atoms with Crippen LogP contribution in [-0.4, -0.2) is 142 Å². The Balaban J connectivity index is 1.83. The van der Waals surface area contributed by atoms with Crippen molar-refractivity contribution < 1.29 is 73.8 Å². The normalized spacial score (nSPS) is 26.8. The molecule has 374 valence electrons. The van der Waals surface area contributed by atoms with Gasteiger partial charge in [0.15, 0.2) is 18.7 Å². The number of hydrogen-bond acceptors (Lipinski definition) is 15. The van der Waals surface area contributed by atoms with Crippen LogP contribution in [-0.2, 0) is 38.0 Å². The molecular weight excluding hydrogens is 829 g/mol. The van der Waals surface area contributed by atoms with Gasteiger partial charge < -0.3 is 64.2 Å². The summed E-state index contributed by atoms with van der Waals surface area (Å²) in [6.45, 7) is 2.55. The molecule has 7 N–H and O–H groups in total. The Hall–Kier alpha value is -2.02. The molecule has 15 nitrogen and oxygen atoms in total. The van der Waals surface area contributed by atoms with Gasteiger partial charge in [-0.25, -0.2) is 0 Å². The minimum atomic E-state index is -1.76. The maximum Gasteiger partial charge on any atom is 0.306 e. The SMILES string of the molecule is CCCCC/C=C\CC=CCCCCCCCC(=O)OCC(CO[C@@H]1O[C@H](CO[C@H]2O[C@H](CO)[C@H](O)[C@H](O)[C@H]2O)[C@H](O)[C@H](O)[C@H]1O)OC(=O)CCCCCCCCCCCCCCC. The van der Waals surface area contributed by atoms with Gasteiger partial charge in [-0.15, -0.1) is 0 Å². The summed E-state index contributed by atoms with van der Waals surface area (Å²) in [6, 6.07) is 0. The largest absolute Gasteiger partial charge is 0.462 e. The third-order valence-corrected chi connectivity index (χ3v) is 11.9. The standard InChI is InChI=1S/C49H88O15/c1-3-5-7-9-11-13-15-17-18-20-21-23-25-27-29-31-40(51)59-34-37(62-41(52)32-30-28-26-24-22-19-16-14-12-10-8-6-4-2)35-60-48-47(58)45(56)43(54)39(64-48)36-61-49-46(57)44(55)42(53)38(33-50)63-49/h11,13,17-18,37-39,42-50,53-58H,3-10,12,14-16,19-36H2,1-2H3/b13-11-,18-17?/t37?,38-,39-,42+,43+,44+,45+,46-,47-,48-,49+/m1/s1. The molecule has 0 aromatic rings. The van der Waals surface area contributed by atoms with E-state index in [1.165, 1.54) is 77.0 Å². The van der Waals surface area contributed by atoms with Crippen molar-refractivity contribution in [3.05, 3.63) is 24.3 Å². The lowest BCUT2D eigenvalue weighted by Gasteiger charge is -2.42. The molecule has 2 saturated heterocycles. The van der Waals surface area contributed by atoms with Crippen molar-refractivity contribution in [2.24, 2.45) is 0 Å². The second-order valence-corrected chi connectivity index (χ2v) is 17.6. The fraction of sp³-hybridized carbons (Fsp3) is 0.878. The first kappa shape index (κ1) is 58.1. The Kier molecular flexibility index (Phi) is 33.6. The molecular formula is C49H88O15. The number of esters is 2. The summed E-state index contributed by atoms with van der Waals surface area (Å²) in [5, 5.41) is 72.0. The van der Waals surface area contributed by atoms with Crippen LogP contribution in [0, 0.1) is 0 Å². The fourth-order valence-electron chi connectivity index (χ4n) is 7.78. The number of hydrogen-bond donors (Lipinski definition) is 7. The molecule has 15 heteroatoms. The summed E-state index contributed by atoms with van der Waals surface area (Å²) in [5.41, 5.74) is 0. The maximum absolute atomic E-state index is 13.0. The predicted molar refractivity (Wildman–Crippen MR) is 243 cm³/mol. The zero-order valence-electron chi connectivity index (χ0n) is 39.3. The number of carbonyl (C=O) groups excluding carboxylic acids is 2. The van der Waals surface area contributed by atoms with E-state index in [1.807, 2.05) is 0 Å². The van der Waals surface area contributed by atoms with Gasteiger partial charge in [0.25, 0.3) is 0 Å². The highest BCUT2D eigenvalue weighted by Gasteiger charge is 2.47. The van der Waals surface area contributed by atoms with Crippen LogP contribution in [0.4, 0.5) is 0 Å². The number of aliphatic hydroxyl groups excluding tert-OH is 7. The van der Waals surface area contributed by atoms with E-state index in [0.29, 0.717) is 12.8 Å². The molecule has 2 aliphatic heterocycles. The molecule has 0 amide bonds. The third kappa shape index (κ3) is 25.2. The average Bonchev–Trinajstić information content (AvgIpc) is 3.29. The number of allylic oxidation sites excluding steroid dienone is 4. The van der Waals surface area contributed by atoms with E-state index in [4.69, 9.17) is 28.4 Å². The van der Waals surface area contributed by atoms with Crippen molar-refractivity contribution in [1.29, 1.82) is 0 Å². The van der Waals surface area contributed by atoms with Crippen LogP contribution >= 0.6 is 0 Å². The Morgan fingerprint density at radius 3 is 1.48 bits per heavy atom. The maximum atomic E-state index is 13.0. The van der Waals surface area contributed by atoms with E-state index in [9.17, 15) is 45.3 Å². The second kappa shape index (κ2) is 37.0. The van der Waals surface area contributed by atoms with E-state index < -0.39 is 92.7 Å². The van der Waals surface area contributed by atoms with E-state index in [1.54, 1.807) is 0 Å². The van der Waals surface area contributed by atoms with Crippen LogP contribution in [0.5, 0.6) is 0 Å². The second-order valence-electron chi connectivity index (χ2n) is 17.6. The highest BCUT2D eigenvalue weighted by atomic mass is 16.7. The van der Waals surface area contributed by atoms with Crippen molar-refractivity contribution in [2.45, 2.75) is 248 Å². The molecule has 2 aliphatic rings. The molecule has 0 radical (unpaired) electrons. The van der Waals surface area contributed by atoms with Crippen molar-refractivity contribution in [2.75, 3.05) is 26.4 Å². The van der Waals surface area contributed by atoms with Crippen molar-refractivity contribution in [3.8, 4) is 0 Å². The zero-order chi connectivity index (χ0) is 46.8. The van der Waals surface area contributed by atoms with Crippen LogP contribution in [0.3, 0.4) is 0 Å². The molecule has 0 bridgehead atoms. The summed E-state index contributed by atoms with van der Waals surface area (Å²) in [5.74, 6) is -0.936. The molecule has 2 heterocycles. The Labute approximate surface area is 383 Å².